The van der Waals surface area contributed by atoms with E-state index >= 15 is 0 Å². The third-order valence-electron chi connectivity index (χ3n) is 3.32. The summed E-state index contributed by atoms with van der Waals surface area (Å²) in [5.41, 5.74) is 8.99. The van der Waals surface area contributed by atoms with Crippen LogP contribution in [0.5, 0.6) is 0 Å². The van der Waals surface area contributed by atoms with Gasteiger partial charge in [0.15, 0.2) is 5.13 Å². The van der Waals surface area contributed by atoms with Crippen molar-refractivity contribution in [3.63, 3.8) is 0 Å². The van der Waals surface area contributed by atoms with Gasteiger partial charge in [0.25, 0.3) is 0 Å². The van der Waals surface area contributed by atoms with Crippen LogP contribution in [0.3, 0.4) is 0 Å². The van der Waals surface area contributed by atoms with Crippen molar-refractivity contribution in [3.8, 4) is 11.3 Å². The quantitative estimate of drug-likeness (QED) is 0.852. The van der Waals surface area contributed by atoms with Gasteiger partial charge in [-0.05, 0) is 25.8 Å². The molecule has 0 bridgehead atoms. The Morgan fingerprint density at radius 1 is 1.36 bits per heavy atom. The van der Waals surface area contributed by atoms with E-state index in [0.717, 1.165) is 29.0 Å². The van der Waals surface area contributed by atoms with Crippen molar-refractivity contribution in [1.82, 2.24) is 4.98 Å². The van der Waals surface area contributed by atoms with Crippen LogP contribution < -0.4 is 11.1 Å². The molecule has 0 aliphatic rings. The fourth-order valence-electron chi connectivity index (χ4n) is 2.30. The number of anilines is 1. The van der Waals surface area contributed by atoms with Crippen molar-refractivity contribution < 1.29 is 4.79 Å². The highest BCUT2D eigenvalue weighted by Gasteiger charge is 2.13. The van der Waals surface area contributed by atoms with E-state index in [1.807, 2.05) is 13.8 Å². The van der Waals surface area contributed by atoms with E-state index in [0.29, 0.717) is 11.6 Å². The summed E-state index contributed by atoms with van der Waals surface area (Å²) < 4.78 is 0. The lowest BCUT2D eigenvalue weighted by Gasteiger charge is -2.04. The maximum Gasteiger partial charge on any atom is 0.227 e. The number of nitrogens with one attached hydrogen (secondary N) is 1. The number of hydrogen-bond acceptors (Lipinski definition) is 4. The van der Waals surface area contributed by atoms with Crippen molar-refractivity contribution in [2.45, 2.75) is 46.1 Å². The van der Waals surface area contributed by atoms with E-state index in [1.165, 1.54) is 16.9 Å². The molecule has 1 aromatic heterocycles. The molecular weight excluding hydrogens is 294 g/mol. The molecule has 5 heteroatoms. The molecule has 1 atom stereocenters. The first-order valence-electron chi connectivity index (χ1n) is 7.61. The summed E-state index contributed by atoms with van der Waals surface area (Å²) in [5.74, 6) is -0.0893. The monoisotopic (exact) mass is 317 g/mol. The number of amides is 1. The minimum atomic E-state index is -0.147. The highest BCUT2D eigenvalue weighted by Crippen LogP contribution is 2.30. The van der Waals surface area contributed by atoms with Crippen LogP contribution in [0, 0.1) is 6.92 Å². The van der Waals surface area contributed by atoms with Crippen LogP contribution in [-0.2, 0) is 11.2 Å². The molecule has 2 aromatic rings. The lowest BCUT2D eigenvalue weighted by molar-refractivity contribution is -0.116. The number of thiazole rings is 1. The predicted octanol–water partition coefficient (Wildman–Crippen LogP) is 3.75. The molecule has 0 aliphatic heterocycles. The average Bonchev–Trinajstić information content (AvgIpc) is 2.79. The standard InChI is InChI=1S/C17H23N3OS/c1-4-5-13-6-8-14(9-7-13)16-12(3)22-17(20-16)19-15(21)10-11(2)18/h6-9,11H,4-5,10,18H2,1-3H3,(H,19,20,21). The lowest BCUT2D eigenvalue weighted by Crippen LogP contribution is -2.23. The van der Waals surface area contributed by atoms with Crippen molar-refractivity contribution in [2.24, 2.45) is 5.73 Å². The number of nitrogens with two attached hydrogens (primary N) is 1. The largest absolute Gasteiger partial charge is 0.327 e. The number of carbonyl (C=O) groups is 1. The van der Waals surface area contributed by atoms with Gasteiger partial charge in [-0.2, -0.15) is 0 Å². The van der Waals surface area contributed by atoms with E-state index in [9.17, 15) is 4.79 Å². The summed E-state index contributed by atoms with van der Waals surface area (Å²) in [5, 5.41) is 3.46. The summed E-state index contributed by atoms with van der Waals surface area (Å²) in [6, 6.07) is 8.34. The molecule has 118 valence electrons. The second-order valence-corrected chi connectivity index (χ2v) is 6.80. The second-order valence-electron chi connectivity index (χ2n) is 5.60. The maximum atomic E-state index is 11.8. The topological polar surface area (TPSA) is 68.0 Å². The van der Waals surface area contributed by atoms with Gasteiger partial charge in [0, 0.05) is 22.9 Å². The number of hydrogen-bond donors (Lipinski definition) is 2. The van der Waals surface area contributed by atoms with Crippen LogP contribution in [0.1, 0.15) is 37.1 Å². The summed E-state index contributed by atoms with van der Waals surface area (Å²) >= 11 is 1.50. The molecule has 0 saturated carbocycles. The van der Waals surface area contributed by atoms with Gasteiger partial charge in [-0.3, -0.25) is 4.79 Å². The molecule has 0 fully saturated rings. The molecule has 1 heterocycles. The highest BCUT2D eigenvalue weighted by molar-refractivity contribution is 7.16. The zero-order chi connectivity index (χ0) is 16.1. The number of carbonyl (C=O) groups excluding carboxylic acids is 1. The van der Waals surface area contributed by atoms with Gasteiger partial charge >= 0.3 is 0 Å². The first-order valence-corrected chi connectivity index (χ1v) is 8.43. The van der Waals surface area contributed by atoms with Crippen LogP contribution in [-0.4, -0.2) is 16.9 Å². The Bertz CT molecular complexity index is 632. The Balaban J connectivity index is 2.13. The van der Waals surface area contributed by atoms with Gasteiger partial charge < -0.3 is 11.1 Å². The van der Waals surface area contributed by atoms with Crippen molar-refractivity contribution >= 4 is 22.4 Å². The van der Waals surface area contributed by atoms with Crippen molar-refractivity contribution in [3.05, 3.63) is 34.7 Å². The molecule has 0 aliphatic carbocycles. The van der Waals surface area contributed by atoms with Gasteiger partial charge in [0.05, 0.1) is 5.69 Å². The molecule has 0 saturated heterocycles. The van der Waals surface area contributed by atoms with Crippen molar-refractivity contribution in [1.29, 1.82) is 0 Å². The van der Waals surface area contributed by atoms with E-state index in [4.69, 9.17) is 5.73 Å². The number of rotatable bonds is 6. The third kappa shape index (κ3) is 4.39. The Labute approximate surface area is 135 Å². The molecular formula is C17H23N3OS. The van der Waals surface area contributed by atoms with Crippen LogP contribution in [0.25, 0.3) is 11.3 Å². The minimum absolute atomic E-state index is 0.0893. The zero-order valence-corrected chi connectivity index (χ0v) is 14.2. The van der Waals surface area contributed by atoms with Gasteiger partial charge in [-0.25, -0.2) is 4.98 Å². The van der Waals surface area contributed by atoms with Crippen LogP contribution >= 0.6 is 11.3 Å². The molecule has 1 unspecified atom stereocenters. The molecule has 2 rings (SSSR count). The van der Waals surface area contributed by atoms with E-state index in [2.05, 4.69) is 41.5 Å². The molecule has 1 aromatic carbocycles. The summed E-state index contributed by atoms with van der Waals surface area (Å²) in [4.78, 5) is 17.4. The van der Waals surface area contributed by atoms with Crippen LogP contribution in [0.4, 0.5) is 5.13 Å². The van der Waals surface area contributed by atoms with Gasteiger partial charge in [0.2, 0.25) is 5.91 Å². The zero-order valence-electron chi connectivity index (χ0n) is 13.3. The smallest absolute Gasteiger partial charge is 0.227 e. The van der Waals surface area contributed by atoms with Gasteiger partial charge in [-0.1, -0.05) is 37.6 Å². The maximum absolute atomic E-state index is 11.8. The average molecular weight is 317 g/mol. The predicted molar refractivity (Wildman–Crippen MR) is 93.2 cm³/mol. The van der Waals surface area contributed by atoms with Crippen LogP contribution in [0.15, 0.2) is 24.3 Å². The first-order chi connectivity index (χ1) is 10.5. The molecule has 3 N–H and O–H groups in total. The fraction of sp³-hybridized carbons (Fsp3) is 0.412. The van der Waals surface area contributed by atoms with E-state index < -0.39 is 0 Å². The fourth-order valence-corrected chi connectivity index (χ4v) is 3.15. The number of aryl methyl sites for hydroxylation is 2. The summed E-state index contributed by atoms with van der Waals surface area (Å²) in [6.07, 6.45) is 2.54. The highest BCUT2D eigenvalue weighted by atomic mass is 32.1. The Kier molecular flexibility index (Phi) is 5.69. The number of aromatic nitrogens is 1. The molecule has 0 spiro atoms. The second kappa shape index (κ2) is 7.51. The van der Waals surface area contributed by atoms with Crippen LogP contribution in [0.2, 0.25) is 0 Å². The molecule has 4 nitrogen and oxygen atoms in total. The third-order valence-corrected chi connectivity index (χ3v) is 4.20. The Morgan fingerprint density at radius 2 is 2.05 bits per heavy atom. The lowest BCUT2D eigenvalue weighted by atomic mass is 10.1. The SMILES string of the molecule is CCCc1ccc(-c2nc(NC(=O)CC(C)N)sc2C)cc1. The van der Waals surface area contributed by atoms with E-state index in [1.54, 1.807) is 0 Å². The Hall–Kier alpha value is -1.72. The summed E-state index contributed by atoms with van der Waals surface area (Å²) in [7, 11) is 0. The molecule has 1 amide bonds. The normalized spacial score (nSPS) is 12.2. The van der Waals surface area contributed by atoms with E-state index in [-0.39, 0.29) is 11.9 Å². The Morgan fingerprint density at radius 3 is 2.64 bits per heavy atom. The molecule has 22 heavy (non-hydrogen) atoms. The van der Waals surface area contributed by atoms with Gasteiger partial charge in [-0.15, -0.1) is 11.3 Å². The number of nitrogens with zero attached hydrogens (tertiary/aromatic N) is 1. The van der Waals surface area contributed by atoms with Crippen molar-refractivity contribution in [2.75, 3.05) is 5.32 Å². The minimum Gasteiger partial charge on any atom is -0.327 e. The van der Waals surface area contributed by atoms with Gasteiger partial charge in [0.1, 0.15) is 0 Å². The number of benzene rings is 1. The summed E-state index contributed by atoms with van der Waals surface area (Å²) in [6.45, 7) is 6.01. The molecule has 0 radical (unpaired) electrons. The first kappa shape index (κ1) is 16.6.